The average Bonchev–Trinajstić information content (AvgIpc) is 3.15. The van der Waals surface area contributed by atoms with Crippen molar-refractivity contribution in [1.29, 1.82) is 0 Å². The number of aromatic nitrogens is 2. The van der Waals surface area contributed by atoms with Gasteiger partial charge in [-0.1, -0.05) is 42.5 Å². The van der Waals surface area contributed by atoms with E-state index in [4.69, 9.17) is 0 Å². The van der Waals surface area contributed by atoms with Crippen LogP contribution in [-0.2, 0) is 16.6 Å². The minimum atomic E-state index is -3.84. The van der Waals surface area contributed by atoms with Gasteiger partial charge in [0.25, 0.3) is 10.0 Å². The van der Waals surface area contributed by atoms with Gasteiger partial charge >= 0.3 is 0 Å². The number of sulfonamides is 1. The summed E-state index contributed by atoms with van der Waals surface area (Å²) in [5, 5.41) is 10.8. The molecule has 1 N–H and O–H groups in total. The molecule has 0 bridgehead atoms. The highest BCUT2D eigenvalue weighted by molar-refractivity contribution is 7.92. The highest BCUT2D eigenvalue weighted by atomic mass is 32.2. The maximum atomic E-state index is 13.4. The summed E-state index contributed by atoms with van der Waals surface area (Å²) in [7, 11) is -3.84. The molecule has 4 rings (SSSR count). The lowest BCUT2D eigenvalue weighted by Gasteiger charge is -2.27. The molecule has 0 saturated carbocycles. The van der Waals surface area contributed by atoms with E-state index in [9.17, 15) is 13.5 Å². The van der Waals surface area contributed by atoms with Crippen LogP contribution in [0.4, 0.5) is 5.69 Å². The molecule has 0 aliphatic carbocycles. The van der Waals surface area contributed by atoms with Crippen LogP contribution in [0.3, 0.4) is 0 Å². The summed E-state index contributed by atoms with van der Waals surface area (Å²) in [4.78, 5) is 4.52. The third-order valence-corrected chi connectivity index (χ3v) is 6.74. The van der Waals surface area contributed by atoms with Crippen LogP contribution in [0.1, 0.15) is 5.56 Å². The zero-order valence-electron chi connectivity index (χ0n) is 16.6. The smallest absolute Gasteiger partial charge is 0.264 e. The molecule has 0 unspecified atom stereocenters. The van der Waals surface area contributed by atoms with Crippen molar-refractivity contribution in [2.75, 3.05) is 10.8 Å². The molecule has 154 valence electrons. The highest BCUT2D eigenvalue weighted by Crippen LogP contribution is 2.25. The van der Waals surface area contributed by atoms with Crippen molar-refractivity contribution in [2.24, 2.45) is 0 Å². The first-order valence-corrected chi connectivity index (χ1v) is 11.1. The number of aliphatic hydroxyl groups is 1. The van der Waals surface area contributed by atoms with Crippen LogP contribution < -0.4 is 4.31 Å². The molecule has 0 aliphatic rings. The van der Waals surface area contributed by atoms with Gasteiger partial charge in [-0.2, -0.15) is 0 Å². The van der Waals surface area contributed by atoms with Gasteiger partial charge in [-0.25, -0.2) is 13.4 Å². The molecule has 6 nitrogen and oxygen atoms in total. The third kappa shape index (κ3) is 4.08. The number of hydrogen-bond acceptors (Lipinski definition) is 4. The standard InChI is InChI=1S/C23H23N3O3S/c1-18-8-7-9-19(14-18)26(30(28,29)21-10-3-2-4-11-21)16-20(27)15-25-17-24-22-12-5-6-13-23(22)25/h2-14,17,20,27H,15-16H2,1H3/t20-/m1/s1. The molecule has 30 heavy (non-hydrogen) atoms. The van der Waals surface area contributed by atoms with Crippen molar-refractivity contribution in [3.05, 3.63) is 90.8 Å². The lowest BCUT2D eigenvalue weighted by atomic mass is 10.2. The fraction of sp³-hybridized carbons (Fsp3) is 0.174. The summed E-state index contributed by atoms with van der Waals surface area (Å²) in [6.45, 7) is 2.06. The highest BCUT2D eigenvalue weighted by Gasteiger charge is 2.27. The number of para-hydroxylation sites is 2. The molecule has 7 heteroatoms. The quantitative estimate of drug-likeness (QED) is 0.495. The number of aryl methyl sites for hydroxylation is 1. The van der Waals surface area contributed by atoms with Crippen molar-refractivity contribution < 1.29 is 13.5 Å². The predicted molar refractivity (Wildman–Crippen MR) is 118 cm³/mol. The number of fused-ring (bicyclic) bond motifs is 1. The molecule has 0 spiro atoms. The second-order valence-electron chi connectivity index (χ2n) is 7.23. The van der Waals surface area contributed by atoms with Crippen molar-refractivity contribution >= 4 is 26.7 Å². The van der Waals surface area contributed by atoms with Gasteiger partial charge in [0.05, 0.1) is 47.1 Å². The number of imidazole rings is 1. The average molecular weight is 422 g/mol. The van der Waals surface area contributed by atoms with Gasteiger partial charge < -0.3 is 9.67 Å². The number of aliphatic hydroxyl groups excluding tert-OH is 1. The van der Waals surface area contributed by atoms with E-state index in [1.807, 2.05) is 47.9 Å². The minimum Gasteiger partial charge on any atom is -0.389 e. The Morgan fingerprint density at radius 2 is 1.73 bits per heavy atom. The zero-order chi connectivity index (χ0) is 21.1. The Labute approximate surface area is 176 Å². The Hall–Kier alpha value is -3.16. The normalized spacial score (nSPS) is 12.7. The van der Waals surface area contributed by atoms with E-state index in [0.29, 0.717) is 5.69 Å². The van der Waals surface area contributed by atoms with Gasteiger partial charge in [-0.3, -0.25) is 4.31 Å². The molecule has 1 atom stereocenters. The van der Waals surface area contributed by atoms with E-state index in [1.54, 1.807) is 48.8 Å². The maximum absolute atomic E-state index is 13.4. The lowest BCUT2D eigenvalue weighted by Crippen LogP contribution is -2.39. The molecule has 1 heterocycles. The summed E-state index contributed by atoms with van der Waals surface area (Å²) < 4.78 is 29.9. The van der Waals surface area contributed by atoms with Crippen LogP contribution in [-0.4, -0.2) is 35.7 Å². The molecular weight excluding hydrogens is 398 g/mol. The number of hydrogen-bond donors (Lipinski definition) is 1. The first-order valence-electron chi connectivity index (χ1n) is 9.67. The molecule has 0 aliphatic heterocycles. The van der Waals surface area contributed by atoms with E-state index in [2.05, 4.69) is 4.98 Å². The lowest BCUT2D eigenvalue weighted by molar-refractivity contribution is 0.164. The fourth-order valence-corrected chi connectivity index (χ4v) is 4.99. The molecule has 1 aromatic heterocycles. The van der Waals surface area contributed by atoms with Crippen LogP contribution in [0.25, 0.3) is 11.0 Å². The van der Waals surface area contributed by atoms with Crippen molar-refractivity contribution in [1.82, 2.24) is 9.55 Å². The second-order valence-corrected chi connectivity index (χ2v) is 9.09. The van der Waals surface area contributed by atoms with E-state index >= 15 is 0 Å². The largest absolute Gasteiger partial charge is 0.389 e. The first kappa shape index (κ1) is 20.1. The van der Waals surface area contributed by atoms with Crippen LogP contribution in [0.2, 0.25) is 0 Å². The van der Waals surface area contributed by atoms with Gasteiger partial charge in [-0.15, -0.1) is 0 Å². The summed E-state index contributed by atoms with van der Waals surface area (Å²) in [6, 6.07) is 23.2. The summed E-state index contributed by atoms with van der Waals surface area (Å²) >= 11 is 0. The predicted octanol–water partition coefficient (Wildman–Crippen LogP) is 3.60. The van der Waals surface area contributed by atoms with E-state index < -0.39 is 16.1 Å². The number of benzene rings is 3. The number of rotatable bonds is 7. The Morgan fingerprint density at radius 1 is 1.00 bits per heavy atom. The SMILES string of the molecule is Cc1cccc(N(C[C@H](O)Cn2cnc3ccccc32)S(=O)(=O)c2ccccc2)c1. The fourth-order valence-electron chi connectivity index (χ4n) is 3.48. The molecule has 0 fully saturated rings. The Morgan fingerprint density at radius 3 is 2.50 bits per heavy atom. The van der Waals surface area contributed by atoms with Crippen LogP contribution >= 0.6 is 0 Å². The number of anilines is 1. The maximum Gasteiger partial charge on any atom is 0.264 e. The molecule has 0 saturated heterocycles. The zero-order valence-corrected chi connectivity index (χ0v) is 17.4. The van der Waals surface area contributed by atoms with Crippen molar-refractivity contribution in [2.45, 2.75) is 24.5 Å². The van der Waals surface area contributed by atoms with Gasteiger partial charge in [-0.05, 0) is 48.9 Å². The third-order valence-electron chi connectivity index (χ3n) is 4.93. The van der Waals surface area contributed by atoms with Crippen molar-refractivity contribution in [3.63, 3.8) is 0 Å². The monoisotopic (exact) mass is 421 g/mol. The molecule has 4 aromatic rings. The molecule has 0 amide bonds. The Bertz CT molecular complexity index is 1250. The number of nitrogens with zero attached hydrogens (tertiary/aromatic N) is 3. The Balaban J connectivity index is 1.66. The van der Waals surface area contributed by atoms with Gasteiger partial charge in [0.1, 0.15) is 0 Å². The molecule has 0 radical (unpaired) electrons. The van der Waals surface area contributed by atoms with Crippen molar-refractivity contribution in [3.8, 4) is 0 Å². The van der Waals surface area contributed by atoms with E-state index in [-0.39, 0.29) is 18.0 Å². The summed E-state index contributed by atoms with van der Waals surface area (Å²) in [5.41, 5.74) is 3.19. The topological polar surface area (TPSA) is 75.4 Å². The van der Waals surface area contributed by atoms with Crippen LogP contribution in [0.5, 0.6) is 0 Å². The van der Waals surface area contributed by atoms with Gasteiger partial charge in [0.15, 0.2) is 0 Å². The molecular formula is C23H23N3O3S. The van der Waals surface area contributed by atoms with E-state index in [1.165, 1.54) is 4.31 Å². The molecule has 3 aromatic carbocycles. The minimum absolute atomic E-state index is 0.0762. The summed E-state index contributed by atoms with van der Waals surface area (Å²) in [5.74, 6) is 0. The summed E-state index contributed by atoms with van der Waals surface area (Å²) in [6.07, 6.45) is 0.734. The first-order chi connectivity index (χ1) is 14.4. The van der Waals surface area contributed by atoms with Crippen LogP contribution in [0.15, 0.2) is 90.1 Å². The van der Waals surface area contributed by atoms with Crippen LogP contribution in [0, 0.1) is 6.92 Å². The van der Waals surface area contributed by atoms with E-state index in [0.717, 1.165) is 16.6 Å². The van der Waals surface area contributed by atoms with Gasteiger partial charge in [0, 0.05) is 0 Å². The van der Waals surface area contributed by atoms with Gasteiger partial charge in [0.2, 0.25) is 0 Å². The Kier molecular flexibility index (Phi) is 5.57. The second kappa shape index (κ2) is 8.30.